The molecule has 0 amide bonds. The lowest BCUT2D eigenvalue weighted by atomic mass is 10.3. The van der Waals surface area contributed by atoms with E-state index in [2.05, 4.69) is 5.32 Å². The molecule has 0 radical (unpaired) electrons. The number of nitrogens with one attached hydrogen (secondary N) is 1. The van der Waals surface area contributed by atoms with Gasteiger partial charge in [0.05, 0.1) is 29.4 Å². The maximum atomic E-state index is 9.82. The third-order valence-corrected chi connectivity index (χ3v) is 4.19. The van der Waals surface area contributed by atoms with Gasteiger partial charge in [0.25, 0.3) is 0 Å². The first-order chi connectivity index (χ1) is 9.65. The fraction of sp³-hybridized carbons (Fsp3) is 0.286. The number of ether oxygens (including phenoxy) is 1. The summed E-state index contributed by atoms with van der Waals surface area (Å²) in [5.41, 5.74) is 0.816. The number of halogens is 2. The lowest BCUT2D eigenvalue weighted by Crippen LogP contribution is -2.24. The molecule has 0 aliphatic carbocycles. The summed E-state index contributed by atoms with van der Waals surface area (Å²) in [6, 6.07) is 9.24. The summed E-state index contributed by atoms with van der Waals surface area (Å²) in [5.74, 6) is 0. The SMILES string of the molecule is OC(CNc1ccc(Cl)c(Cl)c1)COCc1cccs1. The smallest absolute Gasteiger partial charge is 0.0945 e. The largest absolute Gasteiger partial charge is 0.389 e. The van der Waals surface area contributed by atoms with Gasteiger partial charge in [-0.1, -0.05) is 29.3 Å². The molecule has 0 spiro atoms. The van der Waals surface area contributed by atoms with Crippen molar-refractivity contribution < 1.29 is 9.84 Å². The quantitative estimate of drug-likeness (QED) is 0.804. The number of thiophene rings is 1. The average Bonchev–Trinajstić information content (AvgIpc) is 2.93. The topological polar surface area (TPSA) is 41.5 Å². The first-order valence-electron chi connectivity index (χ1n) is 6.12. The van der Waals surface area contributed by atoms with Crippen LogP contribution < -0.4 is 5.32 Å². The standard InChI is InChI=1S/C14H15Cl2NO2S/c15-13-4-3-10(6-14(13)16)17-7-11(18)8-19-9-12-2-1-5-20-12/h1-6,11,17-18H,7-9H2. The van der Waals surface area contributed by atoms with E-state index in [1.165, 1.54) is 0 Å². The van der Waals surface area contributed by atoms with Gasteiger partial charge in [-0.2, -0.15) is 0 Å². The zero-order valence-corrected chi connectivity index (χ0v) is 13.0. The second kappa shape index (κ2) is 7.86. The number of rotatable bonds is 7. The molecule has 6 heteroatoms. The molecular formula is C14H15Cl2NO2S. The Balaban J connectivity index is 1.69. The van der Waals surface area contributed by atoms with E-state index in [1.807, 2.05) is 23.6 Å². The van der Waals surface area contributed by atoms with Gasteiger partial charge in [0.15, 0.2) is 0 Å². The molecular weight excluding hydrogens is 317 g/mol. The zero-order valence-electron chi connectivity index (χ0n) is 10.7. The summed E-state index contributed by atoms with van der Waals surface area (Å²) in [6.07, 6.45) is -0.579. The van der Waals surface area contributed by atoms with Crippen molar-refractivity contribution in [3.05, 3.63) is 50.6 Å². The first-order valence-corrected chi connectivity index (χ1v) is 7.76. The van der Waals surface area contributed by atoms with Gasteiger partial charge < -0.3 is 15.2 Å². The van der Waals surface area contributed by atoms with Crippen LogP contribution in [0.5, 0.6) is 0 Å². The molecule has 1 heterocycles. The van der Waals surface area contributed by atoms with Crippen LogP contribution in [0.3, 0.4) is 0 Å². The molecule has 0 aliphatic rings. The number of hydrogen-bond acceptors (Lipinski definition) is 4. The van der Waals surface area contributed by atoms with Crippen molar-refractivity contribution in [2.45, 2.75) is 12.7 Å². The molecule has 2 rings (SSSR count). The Labute approximate surface area is 132 Å². The Kier molecular flexibility index (Phi) is 6.13. The van der Waals surface area contributed by atoms with Crippen molar-refractivity contribution in [3.63, 3.8) is 0 Å². The van der Waals surface area contributed by atoms with Gasteiger partial charge in [0.1, 0.15) is 0 Å². The van der Waals surface area contributed by atoms with Crippen LogP contribution in [-0.2, 0) is 11.3 Å². The second-order valence-corrected chi connectivity index (χ2v) is 6.10. The van der Waals surface area contributed by atoms with Crippen LogP contribution in [0.2, 0.25) is 10.0 Å². The summed E-state index contributed by atoms with van der Waals surface area (Å²) in [4.78, 5) is 1.15. The third-order valence-electron chi connectivity index (χ3n) is 2.60. The van der Waals surface area contributed by atoms with Crippen LogP contribution in [0.1, 0.15) is 4.88 Å². The average molecular weight is 332 g/mol. The van der Waals surface area contributed by atoms with Gasteiger partial charge in [-0.25, -0.2) is 0 Å². The van der Waals surface area contributed by atoms with Gasteiger partial charge >= 0.3 is 0 Å². The van der Waals surface area contributed by atoms with Crippen molar-refractivity contribution in [2.24, 2.45) is 0 Å². The van der Waals surface area contributed by atoms with Gasteiger partial charge in [0.2, 0.25) is 0 Å². The molecule has 1 aromatic carbocycles. The lowest BCUT2D eigenvalue weighted by Gasteiger charge is -2.13. The molecule has 1 aromatic heterocycles. The van der Waals surface area contributed by atoms with Crippen molar-refractivity contribution in [1.82, 2.24) is 0 Å². The molecule has 1 atom stereocenters. The van der Waals surface area contributed by atoms with E-state index in [1.54, 1.807) is 23.5 Å². The molecule has 0 saturated carbocycles. The van der Waals surface area contributed by atoms with Gasteiger partial charge in [-0.15, -0.1) is 11.3 Å². The van der Waals surface area contributed by atoms with E-state index in [0.717, 1.165) is 10.6 Å². The number of hydrogen-bond donors (Lipinski definition) is 2. The zero-order chi connectivity index (χ0) is 14.4. The summed E-state index contributed by atoms with van der Waals surface area (Å²) in [6.45, 7) is 1.20. The van der Waals surface area contributed by atoms with Gasteiger partial charge in [-0.05, 0) is 29.6 Å². The Morgan fingerprint density at radius 1 is 1.25 bits per heavy atom. The fourth-order valence-corrected chi connectivity index (χ4v) is 2.53. The number of anilines is 1. The van der Waals surface area contributed by atoms with Crippen LogP contribution in [0.15, 0.2) is 35.7 Å². The van der Waals surface area contributed by atoms with E-state index in [4.69, 9.17) is 27.9 Å². The number of aliphatic hydroxyl groups excluding tert-OH is 1. The van der Waals surface area contributed by atoms with E-state index in [9.17, 15) is 5.11 Å². The molecule has 0 aliphatic heterocycles. The predicted octanol–water partition coefficient (Wildman–Crippen LogP) is 4.04. The predicted molar refractivity (Wildman–Crippen MR) is 84.9 cm³/mol. The van der Waals surface area contributed by atoms with E-state index in [-0.39, 0.29) is 6.61 Å². The maximum Gasteiger partial charge on any atom is 0.0945 e. The molecule has 2 aromatic rings. The lowest BCUT2D eigenvalue weighted by molar-refractivity contribution is 0.0359. The van der Waals surface area contributed by atoms with Gasteiger partial charge in [-0.3, -0.25) is 0 Å². The molecule has 1 unspecified atom stereocenters. The highest BCUT2D eigenvalue weighted by Gasteiger charge is 2.06. The minimum Gasteiger partial charge on any atom is -0.389 e. The van der Waals surface area contributed by atoms with Crippen LogP contribution in [-0.4, -0.2) is 24.4 Å². The van der Waals surface area contributed by atoms with Crippen LogP contribution in [0, 0.1) is 0 Å². The summed E-state index contributed by atoms with van der Waals surface area (Å²) in [5, 5.41) is 15.9. The maximum absolute atomic E-state index is 9.82. The van der Waals surface area contributed by atoms with Gasteiger partial charge in [0, 0.05) is 17.1 Å². The number of aliphatic hydroxyl groups is 1. The Hall–Kier alpha value is -0.780. The first kappa shape index (κ1) is 15.6. The highest BCUT2D eigenvalue weighted by molar-refractivity contribution is 7.09. The van der Waals surface area contributed by atoms with E-state index < -0.39 is 6.10 Å². The molecule has 0 fully saturated rings. The summed E-state index contributed by atoms with van der Waals surface area (Å²) < 4.78 is 5.44. The van der Waals surface area contributed by atoms with Crippen LogP contribution in [0.4, 0.5) is 5.69 Å². The van der Waals surface area contributed by atoms with Crippen LogP contribution >= 0.6 is 34.5 Å². The minimum atomic E-state index is -0.579. The Bertz CT molecular complexity index is 534. The summed E-state index contributed by atoms with van der Waals surface area (Å²) >= 11 is 13.4. The van der Waals surface area contributed by atoms with Crippen molar-refractivity contribution in [3.8, 4) is 0 Å². The fourth-order valence-electron chi connectivity index (χ4n) is 1.59. The monoisotopic (exact) mass is 331 g/mol. The van der Waals surface area contributed by atoms with Crippen LogP contribution in [0.25, 0.3) is 0 Å². The van der Waals surface area contributed by atoms with Crippen molar-refractivity contribution in [1.29, 1.82) is 0 Å². The third kappa shape index (κ3) is 4.96. The van der Waals surface area contributed by atoms with Crippen molar-refractivity contribution in [2.75, 3.05) is 18.5 Å². The van der Waals surface area contributed by atoms with Crippen molar-refractivity contribution >= 4 is 40.2 Å². The normalized spacial score (nSPS) is 12.3. The molecule has 2 N–H and O–H groups in total. The minimum absolute atomic E-state index is 0.284. The number of benzene rings is 1. The molecule has 3 nitrogen and oxygen atoms in total. The second-order valence-electron chi connectivity index (χ2n) is 4.26. The Morgan fingerprint density at radius 2 is 2.10 bits per heavy atom. The molecule has 108 valence electrons. The molecule has 0 saturated heterocycles. The molecule has 0 bridgehead atoms. The highest BCUT2D eigenvalue weighted by atomic mass is 35.5. The summed E-state index contributed by atoms with van der Waals surface area (Å²) in [7, 11) is 0. The van der Waals surface area contributed by atoms with E-state index >= 15 is 0 Å². The Morgan fingerprint density at radius 3 is 2.80 bits per heavy atom. The van der Waals surface area contributed by atoms with E-state index in [0.29, 0.717) is 23.2 Å². The highest BCUT2D eigenvalue weighted by Crippen LogP contribution is 2.24. The molecule has 20 heavy (non-hydrogen) atoms.